The van der Waals surface area contributed by atoms with E-state index >= 15 is 0 Å². The van der Waals surface area contributed by atoms with E-state index in [2.05, 4.69) is 10.3 Å². The van der Waals surface area contributed by atoms with Crippen molar-refractivity contribution in [2.75, 3.05) is 13.7 Å². The van der Waals surface area contributed by atoms with E-state index in [1.807, 2.05) is 0 Å². The highest BCUT2D eigenvalue weighted by Gasteiger charge is 2.31. The number of hydrogen-bond donors (Lipinski definition) is 1. The van der Waals surface area contributed by atoms with Crippen LogP contribution in [0.4, 0.5) is 17.6 Å². The molecule has 3 aromatic carbocycles. The first-order valence-corrected chi connectivity index (χ1v) is 11.0. The molecule has 186 valence electrons. The number of hydrogen-bond acceptors (Lipinski definition) is 4. The lowest BCUT2D eigenvalue weighted by atomic mass is 10.1. The summed E-state index contributed by atoms with van der Waals surface area (Å²) in [6, 6.07) is 15.3. The highest BCUT2D eigenvalue weighted by molar-refractivity contribution is 6.32. The van der Waals surface area contributed by atoms with Gasteiger partial charge >= 0.3 is 6.18 Å². The zero-order chi connectivity index (χ0) is 25.9. The lowest BCUT2D eigenvalue weighted by Crippen LogP contribution is -2.27. The smallest absolute Gasteiger partial charge is 0.416 e. The number of rotatable bonds is 7. The molecule has 0 radical (unpaired) electrons. The minimum Gasteiger partial charge on any atom is -0.495 e. The van der Waals surface area contributed by atoms with Crippen LogP contribution in [0.15, 0.2) is 72.9 Å². The largest absolute Gasteiger partial charge is 0.495 e. The lowest BCUT2D eigenvalue weighted by molar-refractivity contribution is -0.137. The van der Waals surface area contributed by atoms with Crippen LogP contribution in [-0.2, 0) is 6.18 Å². The van der Waals surface area contributed by atoms with Crippen LogP contribution in [0.5, 0.6) is 17.2 Å². The Bertz CT molecular complexity index is 1410. The van der Waals surface area contributed by atoms with Crippen LogP contribution < -0.4 is 14.8 Å². The maximum atomic E-state index is 14.9. The molecule has 0 aliphatic carbocycles. The normalized spacial score (nSPS) is 12.3. The van der Waals surface area contributed by atoms with Crippen molar-refractivity contribution in [3.05, 3.63) is 94.6 Å². The molecule has 1 heterocycles. The summed E-state index contributed by atoms with van der Waals surface area (Å²) in [6.45, 7) is -0.386. The number of nitrogens with one attached hydrogen (secondary N) is 1. The first-order valence-electron chi connectivity index (χ1n) is 10.7. The highest BCUT2D eigenvalue weighted by Crippen LogP contribution is 2.35. The summed E-state index contributed by atoms with van der Waals surface area (Å²) in [6.07, 6.45) is -4.91. The van der Waals surface area contributed by atoms with Gasteiger partial charge in [-0.15, -0.1) is 0 Å². The van der Waals surface area contributed by atoms with Gasteiger partial charge in [0, 0.05) is 5.39 Å². The van der Waals surface area contributed by atoms with Crippen molar-refractivity contribution in [1.29, 1.82) is 0 Å². The Kier molecular flexibility index (Phi) is 7.30. The second-order valence-corrected chi connectivity index (χ2v) is 8.12. The van der Waals surface area contributed by atoms with Gasteiger partial charge in [-0.25, -0.2) is 4.39 Å². The van der Waals surface area contributed by atoms with Gasteiger partial charge in [-0.2, -0.15) is 13.2 Å². The van der Waals surface area contributed by atoms with Crippen molar-refractivity contribution in [2.45, 2.75) is 12.3 Å². The molecule has 1 atom stereocenters. The zero-order valence-corrected chi connectivity index (χ0v) is 19.5. The number of halogens is 5. The number of fused-ring (bicyclic) bond motifs is 1. The summed E-state index contributed by atoms with van der Waals surface area (Å²) < 4.78 is 65.1. The standard InChI is InChI=1S/C26H19ClF4N2O3/c1-35-22-11-15(9-10-19(22)27)20(28)13-33-25(34)24-18-7-2-3-8-21(18)32-14-23(24)36-17-6-4-5-16(12-17)26(29,30)31/h2-12,14,20H,13H2,1H3,(H,33,34)/t20-/m0/s1. The van der Waals surface area contributed by atoms with Gasteiger partial charge in [-0.3, -0.25) is 9.78 Å². The number of aromatic nitrogens is 1. The highest BCUT2D eigenvalue weighted by atomic mass is 35.5. The molecule has 0 bridgehead atoms. The summed E-state index contributed by atoms with van der Waals surface area (Å²) >= 11 is 5.98. The van der Waals surface area contributed by atoms with E-state index in [1.165, 1.54) is 43.6 Å². The van der Waals surface area contributed by atoms with Crippen LogP contribution in [0.3, 0.4) is 0 Å². The van der Waals surface area contributed by atoms with Crippen molar-refractivity contribution in [3.63, 3.8) is 0 Å². The van der Waals surface area contributed by atoms with Crippen molar-refractivity contribution in [2.24, 2.45) is 0 Å². The SMILES string of the molecule is COc1cc([C@@H](F)CNC(=O)c2c(Oc3cccc(C(F)(F)F)c3)cnc3ccccc23)ccc1Cl. The summed E-state index contributed by atoms with van der Waals surface area (Å²) in [7, 11) is 1.40. The molecule has 4 aromatic rings. The minimum absolute atomic E-state index is 0.0129. The van der Waals surface area contributed by atoms with Gasteiger partial charge in [-0.05, 0) is 42.0 Å². The molecule has 0 aliphatic heterocycles. The van der Waals surface area contributed by atoms with Crippen LogP contribution >= 0.6 is 11.6 Å². The van der Waals surface area contributed by atoms with Gasteiger partial charge in [0.2, 0.25) is 0 Å². The van der Waals surface area contributed by atoms with E-state index < -0.39 is 23.8 Å². The van der Waals surface area contributed by atoms with Gasteiger partial charge in [0.1, 0.15) is 17.7 Å². The maximum absolute atomic E-state index is 14.9. The Morgan fingerprint density at radius 2 is 1.83 bits per heavy atom. The molecular formula is C26H19ClF4N2O3. The van der Waals surface area contributed by atoms with E-state index in [9.17, 15) is 22.4 Å². The molecule has 0 spiro atoms. The van der Waals surface area contributed by atoms with Crippen LogP contribution in [0.25, 0.3) is 10.9 Å². The number of benzene rings is 3. The molecule has 5 nitrogen and oxygen atoms in total. The predicted molar refractivity (Wildman–Crippen MR) is 127 cm³/mol. The van der Waals surface area contributed by atoms with Gasteiger partial charge in [0.25, 0.3) is 5.91 Å². The molecule has 1 amide bonds. The van der Waals surface area contributed by atoms with E-state index in [0.29, 0.717) is 21.7 Å². The topological polar surface area (TPSA) is 60.5 Å². The van der Waals surface area contributed by atoms with Gasteiger partial charge in [0.15, 0.2) is 5.75 Å². The number of ether oxygens (including phenoxy) is 2. The summed E-state index contributed by atoms with van der Waals surface area (Å²) in [4.78, 5) is 17.4. The van der Waals surface area contributed by atoms with Crippen LogP contribution in [0.1, 0.15) is 27.7 Å². The Morgan fingerprint density at radius 1 is 1.06 bits per heavy atom. The van der Waals surface area contributed by atoms with E-state index in [-0.39, 0.29) is 29.2 Å². The summed E-state index contributed by atoms with van der Waals surface area (Å²) in [5.74, 6) is -0.596. The fraction of sp³-hybridized carbons (Fsp3) is 0.154. The zero-order valence-electron chi connectivity index (χ0n) is 18.8. The average molecular weight is 519 g/mol. The first kappa shape index (κ1) is 25.2. The number of alkyl halides is 4. The average Bonchev–Trinajstić information content (AvgIpc) is 2.87. The number of amides is 1. The first-order chi connectivity index (χ1) is 17.2. The van der Waals surface area contributed by atoms with E-state index in [4.69, 9.17) is 21.1 Å². The summed E-state index contributed by atoms with van der Waals surface area (Å²) in [5.41, 5.74) is -0.188. The van der Waals surface area contributed by atoms with Crippen molar-refractivity contribution in [3.8, 4) is 17.2 Å². The van der Waals surface area contributed by atoms with Crippen LogP contribution in [0.2, 0.25) is 5.02 Å². The van der Waals surface area contributed by atoms with Crippen molar-refractivity contribution in [1.82, 2.24) is 10.3 Å². The molecule has 0 aliphatic rings. The molecule has 10 heteroatoms. The fourth-order valence-electron chi connectivity index (χ4n) is 3.56. The van der Waals surface area contributed by atoms with Gasteiger partial charge < -0.3 is 14.8 Å². The number of nitrogens with zero attached hydrogens (tertiary/aromatic N) is 1. The third-order valence-electron chi connectivity index (χ3n) is 5.34. The number of pyridine rings is 1. The molecule has 0 unspecified atom stereocenters. The Hall–Kier alpha value is -3.85. The number of carbonyl (C=O) groups is 1. The molecule has 0 saturated carbocycles. The fourth-order valence-corrected chi connectivity index (χ4v) is 3.75. The molecule has 0 saturated heterocycles. The number of methoxy groups -OCH3 is 1. The molecule has 0 fully saturated rings. The minimum atomic E-state index is -4.57. The molecule has 36 heavy (non-hydrogen) atoms. The Labute approximate surface area is 208 Å². The third kappa shape index (κ3) is 5.52. The molecule has 1 N–H and O–H groups in total. The lowest BCUT2D eigenvalue weighted by Gasteiger charge is -2.16. The molecule has 1 aromatic heterocycles. The second-order valence-electron chi connectivity index (χ2n) is 7.71. The summed E-state index contributed by atoms with van der Waals surface area (Å²) in [5, 5.41) is 3.24. The van der Waals surface area contributed by atoms with Crippen LogP contribution in [0, 0.1) is 0 Å². The van der Waals surface area contributed by atoms with Crippen molar-refractivity contribution < 1.29 is 31.8 Å². The van der Waals surface area contributed by atoms with Crippen molar-refractivity contribution >= 4 is 28.4 Å². The number of carbonyl (C=O) groups excluding carboxylic acids is 1. The van der Waals surface area contributed by atoms with Crippen LogP contribution in [-0.4, -0.2) is 24.5 Å². The monoisotopic (exact) mass is 518 g/mol. The molecular weight excluding hydrogens is 500 g/mol. The third-order valence-corrected chi connectivity index (χ3v) is 5.65. The second kappa shape index (κ2) is 10.4. The quantitative estimate of drug-likeness (QED) is 0.264. The van der Waals surface area contributed by atoms with E-state index in [0.717, 1.165) is 12.1 Å². The molecule has 4 rings (SSSR count). The maximum Gasteiger partial charge on any atom is 0.416 e. The van der Waals surface area contributed by atoms with Gasteiger partial charge in [0.05, 0.1) is 41.5 Å². The Balaban J connectivity index is 1.62. The van der Waals surface area contributed by atoms with E-state index in [1.54, 1.807) is 24.3 Å². The van der Waals surface area contributed by atoms with Gasteiger partial charge in [-0.1, -0.05) is 41.9 Å². The predicted octanol–water partition coefficient (Wildman–Crippen LogP) is 7.15. The number of para-hydroxylation sites is 1. The Morgan fingerprint density at radius 3 is 2.58 bits per heavy atom.